The molecule has 0 saturated heterocycles. The quantitative estimate of drug-likeness (QED) is 0.771. The van der Waals surface area contributed by atoms with E-state index < -0.39 is 5.97 Å². The maximum Gasteiger partial charge on any atom is 0.304 e. The van der Waals surface area contributed by atoms with Gasteiger partial charge in [-0.2, -0.15) is 4.98 Å². The van der Waals surface area contributed by atoms with Gasteiger partial charge in [0, 0.05) is 12.5 Å². The highest BCUT2D eigenvalue weighted by atomic mass is 16.5. The highest BCUT2D eigenvalue weighted by Crippen LogP contribution is 2.38. The third-order valence-corrected chi connectivity index (χ3v) is 2.86. The summed E-state index contributed by atoms with van der Waals surface area (Å²) in [7, 11) is 0. The summed E-state index contributed by atoms with van der Waals surface area (Å²) in [6.07, 6.45) is 2.41. The Labute approximate surface area is 99.6 Å². The molecule has 0 unspecified atom stereocenters. The van der Waals surface area contributed by atoms with Crippen LogP contribution >= 0.6 is 0 Å². The van der Waals surface area contributed by atoms with Gasteiger partial charge in [-0.15, -0.1) is 0 Å². The molecular formula is C11H17N3O3. The summed E-state index contributed by atoms with van der Waals surface area (Å²) in [5.41, 5.74) is 0. The molecule has 0 aromatic carbocycles. The minimum absolute atomic E-state index is 0.140. The lowest BCUT2D eigenvalue weighted by molar-refractivity contribution is -0.137. The maximum absolute atomic E-state index is 10.5. The molecule has 0 spiro atoms. The minimum atomic E-state index is -0.782. The van der Waals surface area contributed by atoms with E-state index in [-0.39, 0.29) is 6.42 Å². The normalized spacial score (nSPS) is 15.4. The molecule has 0 radical (unpaired) electrons. The molecule has 0 bridgehead atoms. The standard InChI is InChI=1S/C11H17N3O3/c1-2-14(6-5-10(15)16)7-9-12-11(17-13-9)8-3-4-8/h8H,2-7H2,1H3,(H,15,16). The summed E-state index contributed by atoms with van der Waals surface area (Å²) in [6, 6.07) is 0. The Kier molecular flexibility index (Phi) is 3.73. The Hall–Kier alpha value is -1.43. The van der Waals surface area contributed by atoms with Gasteiger partial charge in [-0.25, -0.2) is 0 Å². The van der Waals surface area contributed by atoms with Gasteiger partial charge in [0.05, 0.1) is 13.0 Å². The molecule has 94 valence electrons. The third kappa shape index (κ3) is 3.52. The van der Waals surface area contributed by atoms with E-state index in [0.717, 1.165) is 25.3 Å². The number of hydrogen-bond donors (Lipinski definition) is 1. The lowest BCUT2D eigenvalue weighted by Crippen LogP contribution is -2.26. The lowest BCUT2D eigenvalue weighted by Gasteiger charge is -2.16. The van der Waals surface area contributed by atoms with Crippen LogP contribution in [-0.2, 0) is 11.3 Å². The van der Waals surface area contributed by atoms with Crippen molar-refractivity contribution in [1.29, 1.82) is 0 Å². The monoisotopic (exact) mass is 239 g/mol. The van der Waals surface area contributed by atoms with Gasteiger partial charge in [0.1, 0.15) is 0 Å². The van der Waals surface area contributed by atoms with Crippen LogP contribution in [0.4, 0.5) is 0 Å². The van der Waals surface area contributed by atoms with Crippen LogP contribution in [0.1, 0.15) is 43.8 Å². The molecule has 6 heteroatoms. The number of aromatic nitrogens is 2. The Morgan fingerprint density at radius 2 is 2.35 bits per heavy atom. The number of carboxylic acids is 1. The molecule has 17 heavy (non-hydrogen) atoms. The van der Waals surface area contributed by atoms with Crippen LogP contribution in [0.3, 0.4) is 0 Å². The van der Waals surface area contributed by atoms with Crippen molar-refractivity contribution in [2.24, 2.45) is 0 Å². The van der Waals surface area contributed by atoms with E-state index in [4.69, 9.17) is 9.63 Å². The fourth-order valence-electron chi connectivity index (χ4n) is 1.63. The van der Waals surface area contributed by atoms with Gasteiger partial charge in [-0.05, 0) is 19.4 Å². The first-order valence-electron chi connectivity index (χ1n) is 5.95. The average Bonchev–Trinajstić information content (AvgIpc) is 3.05. The minimum Gasteiger partial charge on any atom is -0.481 e. The number of nitrogens with zero attached hydrogens (tertiary/aromatic N) is 3. The van der Waals surface area contributed by atoms with Gasteiger partial charge in [0.25, 0.3) is 0 Å². The second kappa shape index (κ2) is 5.27. The molecule has 1 fully saturated rings. The van der Waals surface area contributed by atoms with Crippen molar-refractivity contribution in [3.05, 3.63) is 11.7 Å². The SMILES string of the molecule is CCN(CCC(=O)O)Cc1noc(C2CC2)n1. The van der Waals surface area contributed by atoms with E-state index in [2.05, 4.69) is 10.1 Å². The van der Waals surface area contributed by atoms with Crippen molar-refractivity contribution in [3.8, 4) is 0 Å². The second-order valence-corrected chi connectivity index (χ2v) is 4.34. The topological polar surface area (TPSA) is 79.5 Å². The Balaban J connectivity index is 1.85. The van der Waals surface area contributed by atoms with E-state index in [1.807, 2.05) is 11.8 Å². The molecule has 1 N–H and O–H groups in total. The summed E-state index contributed by atoms with van der Waals surface area (Å²) in [5.74, 6) is 1.06. The van der Waals surface area contributed by atoms with Crippen LogP contribution in [0, 0.1) is 0 Å². The first-order chi connectivity index (χ1) is 8.19. The molecule has 1 aromatic rings. The van der Waals surface area contributed by atoms with Crippen LogP contribution in [0.5, 0.6) is 0 Å². The maximum atomic E-state index is 10.5. The molecule has 0 amide bonds. The zero-order valence-corrected chi connectivity index (χ0v) is 9.93. The molecule has 1 aliphatic carbocycles. The number of hydrogen-bond acceptors (Lipinski definition) is 5. The number of rotatable bonds is 7. The van der Waals surface area contributed by atoms with Gasteiger partial charge in [-0.1, -0.05) is 12.1 Å². The van der Waals surface area contributed by atoms with Gasteiger partial charge in [0.15, 0.2) is 5.82 Å². The molecule has 6 nitrogen and oxygen atoms in total. The predicted molar refractivity (Wildman–Crippen MR) is 59.5 cm³/mol. The molecule has 1 heterocycles. The second-order valence-electron chi connectivity index (χ2n) is 4.34. The van der Waals surface area contributed by atoms with Crippen LogP contribution in [0.2, 0.25) is 0 Å². The summed E-state index contributed by atoms with van der Waals surface area (Å²) < 4.78 is 5.16. The fourth-order valence-corrected chi connectivity index (χ4v) is 1.63. The van der Waals surface area contributed by atoms with Gasteiger partial charge >= 0.3 is 5.97 Å². The molecule has 1 saturated carbocycles. The molecule has 1 aliphatic rings. The third-order valence-electron chi connectivity index (χ3n) is 2.86. The summed E-state index contributed by atoms with van der Waals surface area (Å²) in [4.78, 5) is 16.8. The first kappa shape index (κ1) is 12.0. The van der Waals surface area contributed by atoms with Crippen LogP contribution in [0.25, 0.3) is 0 Å². The van der Waals surface area contributed by atoms with E-state index >= 15 is 0 Å². The molecule has 0 atom stereocenters. The number of carboxylic acid groups (broad SMARTS) is 1. The van der Waals surface area contributed by atoms with Gasteiger partial charge in [0.2, 0.25) is 5.89 Å². The number of aliphatic carboxylic acids is 1. The highest BCUT2D eigenvalue weighted by molar-refractivity contribution is 5.66. The molecule has 1 aromatic heterocycles. The van der Waals surface area contributed by atoms with E-state index in [0.29, 0.717) is 24.8 Å². The van der Waals surface area contributed by atoms with Crippen molar-refractivity contribution >= 4 is 5.97 Å². The zero-order valence-electron chi connectivity index (χ0n) is 9.93. The largest absolute Gasteiger partial charge is 0.481 e. The van der Waals surface area contributed by atoms with Gasteiger partial charge < -0.3 is 9.63 Å². The van der Waals surface area contributed by atoms with E-state index in [9.17, 15) is 4.79 Å². The highest BCUT2D eigenvalue weighted by Gasteiger charge is 2.29. The van der Waals surface area contributed by atoms with Crippen molar-refractivity contribution in [3.63, 3.8) is 0 Å². The van der Waals surface area contributed by atoms with Crippen LogP contribution in [-0.4, -0.2) is 39.2 Å². The van der Waals surface area contributed by atoms with Crippen molar-refractivity contribution in [1.82, 2.24) is 15.0 Å². The Morgan fingerprint density at radius 1 is 1.59 bits per heavy atom. The lowest BCUT2D eigenvalue weighted by atomic mass is 10.3. The average molecular weight is 239 g/mol. The summed E-state index contributed by atoms with van der Waals surface area (Å²) in [6.45, 7) is 3.84. The number of carbonyl (C=O) groups is 1. The van der Waals surface area contributed by atoms with Crippen LogP contribution < -0.4 is 0 Å². The van der Waals surface area contributed by atoms with E-state index in [1.54, 1.807) is 0 Å². The van der Waals surface area contributed by atoms with Crippen molar-refractivity contribution < 1.29 is 14.4 Å². The predicted octanol–water partition coefficient (Wildman–Crippen LogP) is 1.24. The van der Waals surface area contributed by atoms with Crippen molar-refractivity contribution in [2.45, 2.75) is 38.6 Å². The molecule has 2 rings (SSSR count). The molecular weight excluding hydrogens is 222 g/mol. The van der Waals surface area contributed by atoms with Crippen LogP contribution in [0.15, 0.2) is 4.52 Å². The smallest absolute Gasteiger partial charge is 0.304 e. The fraction of sp³-hybridized carbons (Fsp3) is 0.727. The van der Waals surface area contributed by atoms with Gasteiger partial charge in [-0.3, -0.25) is 9.69 Å². The van der Waals surface area contributed by atoms with E-state index in [1.165, 1.54) is 0 Å². The zero-order chi connectivity index (χ0) is 12.3. The first-order valence-corrected chi connectivity index (χ1v) is 5.95. The summed E-state index contributed by atoms with van der Waals surface area (Å²) in [5, 5.41) is 12.5. The van der Waals surface area contributed by atoms with Crippen molar-refractivity contribution in [2.75, 3.05) is 13.1 Å². The molecule has 0 aliphatic heterocycles. The summed E-state index contributed by atoms with van der Waals surface area (Å²) >= 11 is 0. The Morgan fingerprint density at radius 3 is 2.94 bits per heavy atom. The Bertz CT molecular complexity index is 387.